The lowest BCUT2D eigenvalue weighted by Gasteiger charge is -2.32. The first-order valence-electron chi connectivity index (χ1n) is 10.7. The second kappa shape index (κ2) is 8.99. The third kappa shape index (κ3) is 4.70. The predicted octanol–water partition coefficient (Wildman–Crippen LogP) is 2.63. The maximum atomic E-state index is 13.7. The number of carbonyl (C=O) groups excluding carboxylic acids is 1. The number of hydrogen-bond donors (Lipinski definition) is 0. The number of fused-ring (bicyclic) bond motifs is 2. The van der Waals surface area contributed by atoms with E-state index < -0.39 is 18.0 Å². The number of rotatable bonds is 6. The summed E-state index contributed by atoms with van der Waals surface area (Å²) in [6.07, 6.45) is 2.91. The summed E-state index contributed by atoms with van der Waals surface area (Å²) in [5.74, 6) is -0.0389. The van der Waals surface area contributed by atoms with Gasteiger partial charge in [0, 0.05) is 6.54 Å². The lowest BCUT2D eigenvalue weighted by atomic mass is 10.1. The summed E-state index contributed by atoms with van der Waals surface area (Å²) >= 11 is 0. The normalized spacial score (nSPS) is 22.4. The Kier molecular flexibility index (Phi) is 6.24. The van der Waals surface area contributed by atoms with Crippen molar-refractivity contribution < 1.29 is 27.3 Å². The van der Waals surface area contributed by atoms with Gasteiger partial charge in [0.2, 0.25) is 5.88 Å². The highest BCUT2D eigenvalue weighted by Crippen LogP contribution is 2.40. The molecule has 2 aromatic rings. The van der Waals surface area contributed by atoms with Crippen LogP contribution in [-0.4, -0.2) is 72.8 Å². The van der Waals surface area contributed by atoms with Crippen LogP contribution in [-0.2, 0) is 11.0 Å². The molecular formula is C22H25F3N7O2+. The second-order valence-corrected chi connectivity index (χ2v) is 8.73. The first-order valence-corrected chi connectivity index (χ1v) is 10.7. The number of ether oxygens (including phenoxy) is 1. The number of hydrogen-bond acceptors (Lipinski definition) is 6. The van der Waals surface area contributed by atoms with Crippen molar-refractivity contribution in [1.82, 2.24) is 29.9 Å². The van der Waals surface area contributed by atoms with Gasteiger partial charge in [-0.25, -0.2) is 14.5 Å². The van der Waals surface area contributed by atoms with Gasteiger partial charge < -0.3 is 9.64 Å². The van der Waals surface area contributed by atoms with Gasteiger partial charge in [-0.2, -0.15) is 23.4 Å². The fraction of sp³-hybridized carbons (Fsp3) is 0.455. The average molecular weight is 476 g/mol. The minimum Gasteiger partial charge on any atom is -0.471 e. The topological polar surface area (TPSA) is 89.0 Å². The van der Waals surface area contributed by atoms with Crippen LogP contribution in [0.5, 0.6) is 5.88 Å². The van der Waals surface area contributed by atoms with Gasteiger partial charge in [0.25, 0.3) is 5.70 Å². The minimum atomic E-state index is -4.57. The molecule has 1 saturated heterocycles. The molecule has 180 valence electrons. The Hall–Kier alpha value is -3.57. The summed E-state index contributed by atoms with van der Waals surface area (Å²) in [5.41, 5.74) is 0.667. The number of piperidine rings is 1. The lowest BCUT2D eigenvalue weighted by molar-refractivity contribution is -0.428. The SMILES string of the molecule is C=[N+](C)/C(C(=O)N1CC2CC(Oc3cnc(C(F)(F)F)cn3)C1C2)=C(\C=C(C)C)n1nccn1. The summed E-state index contributed by atoms with van der Waals surface area (Å²) in [5, 5.41) is 8.37. The van der Waals surface area contributed by atoms with E-state index in [9.17, 15) is 18.0 Å². The van der Waals surface area contributed by atoms with Crippen molar-refractivity contribution in [3.8, 4) is 5.88 Å². The van der Waals surface area contributed by atoms with Crippen molar-refractivity contribution in [1.29, 1.82) is 0 Å². The Labute approximate surface area is 194 Å². The molecule has 12 heteroatoms. The van der Waals surface area contributed by atoms with Crippen LogP contribution in [0, 0.1) is 5.92 Å². The van der Waals surface area contributed by atoms with E-state index in [-0.39, 0.29) is 23.7 Å². The van der Waals surface area contributed by atoms with Gasteiger partial charge in [-0.15, -0.1) is 4.80 Å². The predicted molar refractivity (Wildman–Crippen MR) is 116 cm³/mol. The number of nitrogens with zero attached hydrogens (tertiary/aromatic N) is 7. The summed E-state index contributed by atoms with van der Waals surface area (Å²) in [7, 11) is 1.68. The standard InChI is InChI=1S/C22H25F3N7O2/c1-13(2)7-16(32-28-5-6-29-32)20(30(3)4)21(33)31-12-14-8-15(31)17(9-14)34-19-11-26-18(10-27-19)22(23,24)25/h5-7,10-11,14-15,17H,3,8-9,12H2,1-2,4H3/q+1/b20-16+. The summed E-state index contributed by atoms with van der Waals surface area (Å²) < 4.78 is 45.6. The smallest absolute Gasteiger partial charge is 0.434 e. The van der Waals surface area contributed by atoms with Crippen molar-refractivity contribution in [2.75, 3.05) is 13.6 Å². The minimum absolute atomic E-state index is 0.00559. The van der Waals surface area contributed by atoms with Crippen molar-refractivity contribution in [2.24, 2.45) is 5.92 Å². The summed E-state index contributed by atoms with van der Waals surface area (Å²) in [4.78, 5) is 24.0. The first-order chi connectivity index (χ1) is 16.0. The van der Waals surface area contributed by atoms with Crippen molar-refractivity contribution in [2.45, 2.75) is 45.0 Å². The van der Waals surface area contributed by atoms with E-state index in [4.69, 9.17) is 4.74 Å². The molecule has 1 aliphatic carbocycles. The van der Waals surface area contributed by atoms with Crippen molar-refractivity contribution >= 4 is 18.3 Å². The largest absolute Gasteiger partial charge is 0.471 e. The van der Waals surface area contributed by atoms with Gasteiger partial charge in [-0.05, 0) is 38.7 Å². The van der Waals surface area contributed by atoms with Crippen molar-refractivity contribution in [3.05, 3.63) is 47.8 Å². The van der Waals surface area contributed by atoms with E-state index in [0.29, 0.717) is 30.6 Å². The number of aromatic nitrogens is 5. The number of likely N-dealkylation sites (N-methyl/N-ethyl adjacent to an activating group) is 1. The Morgan fingerprint density at radius 2 is 1.91 bits per heavy atom. The van der Waals surface area contributed by atoms with Crippen LogP contribution >= 0.6 is 0 Å². The molecule has 1 aliphatic heterocycles. The maximum Gasteiger partial charge on any atom is 0.434 e. The van der Waals surface area contributed by atoms with E-state index in [0.717, 1.165) is 18.2 Å². The van der Waals surface area contributed by atoms with Crippen LogP contribution in [0.15, 0.2) is 42.1 Å². The number of amides is 1. The molecule has 3 atom stereocenters. The Balaban J connectivity index is 1.60. The van der Waals surface area contributed by atoms with E-state index in [1.807, 2.05) is 19.9 Å². The van der Waals surface area contributed by atoms with Crippen LogP contribution in [0.2, 0.25) is 0 Å². The number of alkyl halides is 3. The monoisotopic (exact) mass is 476 g/mol. The van der Waals surface area contributed by atoms with Gasteiger partial charge in [-0.1, -0.05) is 5.57 Å². The Morgan fingerprint density at radius 1 is 1.21 bits per heavy atom. The lowest BCUT2D eigenvalue weighted by Crippen LogP contribution is -2.48. The van der Waals surface area contributed by atoms with Crippen molar-refractivity contribution in [3.63, 3.8) is 0 Å². The molecule has 4 rings (SSSR count). The fourth-order valence-corrected chi connectivity index (χ4v) is 4.44. The van der Waals surface area contributed by atoms with E-state index >= 15 is 0 Å². The molecule has 1 amide bonds. The Bertz CT molecular complexity index is 1140. The molecule has 3 unspecified atom stereocenters. The van der Waals surface area contributed by atoms with Crippen LogP contribution in [0.3, 0.4) is 0 Å². The molecule has 3 heterocycles. The van der Waals surface area contributed by atoms with Gasteiger partial charge in [0.05, 0.1) is 30.8 Å². The Morgan fingerprint density at radius 3 is 2.44 bits per heavy atom. The van der Waals surface area contributed by atoms with Gasteiger partial charge in [-0.3, -0.25) is 4.79 Å². The molecule has 1 saturated carbocycles. The number of allylic oxidation sites excluding steroid dienone is 3. The zero-order chi connectivity index (χ0) is 24.6. The number of carbonyl (C=O) groups is 1. The summed E-state index contributed by atoms with van der Waals surface area (Å²) in [6, 6.07) is -0.255. The molecule has 2 bridgehead atoms. The van der Waals surface area contributed by atoms with Crippen LogP contribution < -0.4 is 4.74 Å². The zero-order valence-electron chi connectivity index (χ0n) is 19.0. The first kappa shape index (κ1) is 23.6. The number of halogens is 3. The van der Waals surface area contributed by atoms with E-state index in [1.165, 1.54) is 21.8 Å². The zero-order valence-corrected chi connectivity index (χ0v) is 19.0. The quantitative estimate of drug-likeness (QED) is 0.276. The number of likely N-dealkylation sites (tertiary alicyclic amines) is 1. The molecule has 0 N–H and O–H groups in total. The third-order valence-electron chi connectivity index (χ3n) is 5.76. The van der Waals surface area contributed by atoms with E-state index in [1.54, 1.807) is 11.9 Å². The molecule has 9 nitrogen and oxygen atoms in total. The molecule has 2 fully saturated rings. The van der Waals surface area contributed by atoms with Crippen LogP contribution in [0.25, 0.3) is 5.70 Å². The highest BCUT2D eigenvalue weighted by molar-refractivity contribution is 5.98. The molecule has 34 heavy (non-hydrogen) atoms. The molecule has 0 aromatic carbocycles. The van der Waals surface area contributed by atoms with Crippen LogP contribution in [0.1, 0.15) is 32.4 Å². The molecule has 2 aromatic heterocycles. The molecule has 0 radical (unpaired) electrons. The maximum absolute atomic E-state index is 13.7. The van der Waals surface area contributed by atoms with Gasteiger partial charge in [0.1, 0.15) is 19.9 Å². The molecule has 2 aliphatic rings. The fourth-order valence-electron chi connectivity index (χ4n) is 4.44. The van der Waals surface area contributed by atoms with Gasteiger partial charge in [0.15, 0.2) is 11.4 Å². The average Bonchev–Trinajstić information content (AvgIpc) is 3.50. The van der Waals surface area contributed by atoms with Crippen LogP contribution in [0.4, 0.5) is 13.2 Å². The van der Waals surface area contributed by atoms with E-state index in [2.05, 4.69) is 26.9 Å². The van der Waals surface area contributed by atoms with Gasteiger partial charge >= 0.3 is 12.1 Å². The molecule has 0 spiro atoms. The highest BCUT2D eigenvalue weighted by Gasteiger charge is 2.50. The second-order valence-electron chi connectivity index (χ2n) is 8.73. The highest BCUT2D eigenvalue weighted by atomic mass is 19.4. The third-order valence-corrected chi connectivity index (χ3v) is 5.76. The summed E-state index contributed by atoms with van der Waals surface area (Å²) in [6.45, 7) is 8.29. The molecular weight excluding hydrogens is 451 g/mol.